The molecule has 1 atom stereocenters. The number of hydrogen-bond donors (Lipinski definition) is 1. The van der Waals surface area contributed by atoms with Crippen molar-refractivity contribution < 1.29 is 0 Å². The SMILES string of the molecule is C=Cc1ccc([SH]2C=CC=C2CC)cc1. The summed E-state index contributed by atoms with van der Waals surface area (Å²) in [5.41, 5.74) is 1.19. The number of benzene rings is 1. The Morgan fingerprint density at radius 1 is 1.27 bits per heavy atom. The van der Waals surface area contributed by atoms with E-state index in [1.807, 2.05) is 6.08 Å². The van der Waals surface area contributed by atoms with Crippen LogP contribution in [0, 0.1) is 0 Å². The summed E-state index contributed by atoms with van der Waals surface area (Å²) in [4.78, 5) is 3.01. The molecule has 0 bridgehead atoms. The Kier molecular flexibility index (Phi) is 3.12. The molecule has 1 aromatic rings. The van der Waals surface area contributed by atoms with E-state index >= 15 is 0 Å². The van der Waals surface area contributed by atoms with E-state index in [2.05, 4.69) is 55.3 Å². The molecule has 0 nitrogen and oxygen atoms in total. The molecule has 0 aromatic heterocycles. The molecule has 1 aromatic carbocycles. The van der Waals surface area contributed by atoms with E-state index in [1.54, 1.807) is 4.91 Å². The second-order valence-corrected chi connectivity index (χ2v) is 5.65. The summed E-state index contributed by atoms with van der Waals surface area (Å²) in [5, 5.41) is 2.33. The van der Waals surface area contributed by atoms with Crippen molar-refractivity contribution in [1.29, 1.82) is 0 Å². The van der Waals surface area contributed by atoms with Crippen LogP contribution in [0.4, 0.5) is 0 Å². The predicted octanol–water partition coefficient (Wildman–Crippen LogP) is 4.51. The summed E-state index contributed by atoms with van der Waals surface area (Å²) in [6.07, 6.45) is 7.49. The Morgan fingerprint density at radius 2 is 2.00 bits per heavy atom. The lowest BCUT2D eigenvalue weighted by molar-refractivity contribution is 1.20. The Hall–Kier alpha value is -1.21. The van der Waals surface area contributed by atoms with Gasteiger partial charge in [0.15, 0.2) is 0 Å². The Bertz CT molecular complexity index is 409. The molecule has 0 spiro atoms. The predicted molar refractivity (Wildman–Crippen MR) is 71.3 cm³/mol. The number of rotatable bonds is 3. The fraction of sp³-hybridized carbons (Fsp3) is 0.143. The number of thiol groups is 1. The fourth-order valence-electron chi connectivity index (χ4n) is 1.73. The van der Waals surface area contributed by atoms with Crippen molar-refractivity contribution in [1.82, 2.24) is 0 Å². The maximum atomic E-state index is 3.77. The first kappa shape index (κ1) is 10.3. The summed E-state index contributed by atoms with van der Waals surface area (Å²) < 4.78 is 0. The Morgan fingerprint density at radius 3 is 2.60 bits per heavy atom. The topological polar surface area (TPSA) is 0 Å². The van der Waals surface area contributed by atoms with Gasteiger partial charge in [-0.3, -0.25) is 0 Å². The maximum Gasteiger partial charge on any atom is -0.00525 e. The van der Waals surface area contributed by atoms with Gasteiger partial charge in [-0.15, -0.1) is 0 Å². The molecular formula is C14H16S. The van der Waals surface area contributed by atoms with Crippen LogP contribution in [0.25, 0.3) is 6.08 Å². The number of hydrogen-bond acceptors (Lipinski definition) is 0. The van der Waals surface area contributed by atoms with Crippen molar-refractivity contribution in [2.45, 2.75) is 18.2 Å². The van der Waals surface area contributed by atoms with Crippen LogP contribution in [0.5, 0.6) is 0 Å². The minimum Gasteiger partial charge on any atom is -0.183 e. The monoisotopic (exact) mass is 216 g/mol. The first-order valence-corrected chi connectivity index (χ1v) is 6.65. The van der Waals surface area contributed by atoms with Crippen molar-refractivity contribution in [2.75, 3.05) is 0 Å². The van der Waals surface area contributed by atoms with Gasteiger partial charge >= 0.3 is 0 Å². The molecule has 0 amide bonds. The van der Waals surface area contributed by atoms with Crippen molar-refractivity contribution >= 4 is 17.0 Å². The standard InChI is InChI=1S/C14H16S/c1-3-12-7-9-14(10-8-12)15-11-5-6-13(15)4-2/h3,5-11,15H,1,4H2,2H3. The molecule has 1 unspecified atom stereocenters. The highest BCUT2D eigenvalue weighted by molar-refractivity contribution is 8.23. The van der Waals surface area contributed by atoms with Gasteiger partial charge in [-0.1, -0.05) is 43.9 Å². The van der Waals surface area contributed by atoms with Gasteiger partial charge in [0.25, 0.3) is 0 Å². The molecule has 0 saturated carbocycles. The lowest BCUT2D eigenvalue weighted by atomic mass is 10.2. The van der Waals surface area contributed by atoms with Crippen molar-refractivity contribution in [3.63, 3.8) is 0 Å². The largest absolute Gasteiger partial charge is 0.183 e. The van der Waals surface area contributed by atoms with Crippen LogP contribution in [0.3, 0.4) is 0 Å². The van der Waals surface area contributed by atoms with E-state index in [9.17, 15) is 0 Å². The molecule has 1 aliphatic heterocycles. The lowest BCUT2D eigenvalue weighted by Crippen LogP contribution is -1.82. The fourth-order valence-corrected chi connectivity index (χ4v) is 3.74. The minimum atomic E-state index is -0.175. The lowest BCUT2D eigenvalue weighted by Gasteiger charge is -2.17. The van der Waals surface area contributed by atoms with Gasteiger partial charge in [0, 0.05) is 0 Å². The Labute approximate surface area is 94.4 Å². The number of allylic oxidation sites excluding steroid dienone is 3. The molecule has 1 heterocycles. The summed E-state index contributed by atoms with van der Waals surface area (Å²) in [6.45, 7) is 6.00. The van der Waals surface area contributed by atoms with E-state index in [-0.39, 0.29) is 10.9 Å². The average Bonchev–Trinajstić information content (AvgIpc) is 2.77. The molecule has 0 aliphatic carbocycles. The zero-order chi connectivity index (χ0) is 10.7. The van der Waals surface area contributed by atoms with Gasteiger partial charge in [0.05, 0.1) is 0 Å². The van der Waals surface area contributed by atoms with E-state index in [1.165, 1.54) is 10.5 Å². The molecule has 78 valence electrons. The highest BCUT2D eigenvalue weighted by Gasteiger charge is 2.10. The van der Waals surface area contributed by atoms with Crippen LogP contribution in [0.15, 0.2) is 58.2 Å². The summed E-state index contributed by atoms with van der Waals surface area (Å²) in [7, 11) is -0.175. The molecular weight excluding hydrogens is 200 g/mol. The third-order valence-corrected chi connectivity index (χ3v) is 5.01. The molecule has 0 N–H and O–H groups in total. The smallest absolute Gasteiger partial charge is 0.00525 e. The quantitative estimate of drug-likeness (QED) is 0.706. The third kappa shape index (κ3) is 2.07. The van der Waals surface area contributed by atoms with Crippen LogP contribution in [0.1, 0.15) is 18.9 Å². The maximum absolute atomic E-state index is 3.77. The molecule has 0 saturated heterocycles. The van der Waals surface area contributed by atoms with Crippen LogP contribution >= 0.6 is 10.9 Å². The van der Waals surface area contributed by atoms with Gasteiger partial charge in [0.2, 0.25) is 0 Å². The Balaban J connectivity index is 2.26. The van der Waals surface area contributed by atoms with Gasteiger partial charge in [0.1, 0.15) is 0 Å². The van der Waals surface area contributed by atoms with Crippen LogP contribution in [-0.4, -0.2) is 0 Å². The highest BCUT2D eigenvalue weighted by atomic mass is 32.2. The molecule has 1 heteroatoms. The first-order chi connectivity index (χ1) is 7.35. The molecule has 2 rings (SSSR count). The van der Waals surface area contributed by atoms with E-state index in [4.69, 9.17) is 0 Å². The van der Waals surface area contributed by atoms with Gasteiger partial charge in [-0.2, -0.15) is 10.9 Å². The summed E-state index contributed by atoms with van der Waals surface area (Å²) in [5.74, 6) is 0. The minimum absolute atomic E-state index is 0.175. The molecule has 0 fully saturated rings. The normalized spacial score (nSPS) is 21.4. The summed E-state index contributed by atoms with van der Waals surface area (Å²) >= 11 is 0. The van der Waals surface area contributed by atoms with Gasteiger partial charge in [-0.05, 0) is 39.3 Å². The van der Waals surface area contributed by atoms with Crippen LogP contribution in [0.2, 0.25) is 0 Å². The van der Waals surface area contributed by atoms with E-state index in [0.29, 0.717) is 0 Å². The highest BCUT2D eigenvalue weighted by Crippen LogP contribution is 2.49. The second kappa shape index (κ2) is 4.54. The molecule has 0 radical (unpaired) electrons. The molecule has 1 aliphatic rings. The van der Waals surface area contributed by atoms with Crippen molar-refractivity contribution in [3.8, 4) is 0 Å². The second-order valence-electron chi connectivity index (χ2n) is 3.52. The average molecular weight is 216 g/mol. The zero-order valence-electron chi connectivity index (χ0n) is 8.98. The van der Waals surface area contributed by atoms with Crippen molar-refractivity contribution in [2.24, 2.45) is 0 Å². The third-order valence-electron chi connectivity index (χ3n) is 2.60. The first-order valence-electron chi connectivity index (χ1n) is 5.24. The van der Waals surface area contributed by atoms with Gasteiger partial charge < -0.3 is 0 Å². The van der Waals surface area contributed by atoms with E-state index in [0.717, 1.165) is 6.42 Å². The zero-order valence-corrected chi connectivity index (χ0v) is 9.87. The van der Waals surface area contributed by atoms with Crippen LogP contribution < -0.4 is 0 Å². The van der Waals surface area contributed by atoms with E-state index < -0.39 is 0 Å². The van der Waals surface area contributed by atoms with Gasteiger partial charge in [-0.25, -0.2) is 0 Å². The van der Waals surface area contributed by atoms with Crippen molar-refractivity contribution in [3.05, 3.63) is 58.9 Å². The summed E-state index contributed by atoms with van der Waals surface area (Å²) in [6, 6.07) is 8.73. The van der Waals surface area contributed by atoms with Crippen LogP contribution in [-0.2, 0) is 0 Å². The molecule has 15 heavy (non-hydrogen) atoms.